The highest BCUT2D eigenvalue weighted by atomic mass is 16.3. The molecule has 1 aliphatic carbocycles. The van der Waals surface area contributed by atoms with Gasteiger partial charge in [0.15, 0.2) is 0 Å². The van der Waals surface area contributed by atoms with Crippen molar-refractivity contribution in [1.29, 1.82) is 5.26 Å². The fourth-order valence-corrected chi connectivity index (χ4v) is 2.67. The second-order valence-electron chi connectivity index (χ2n) is 5.11. The van der Waals surface area contributed by atoms with E-state index in [1.165, 1.54) is 0 Å². The first-order valence-corrected chi connectivity index (χ1v) is 6.76. The molecule has 104 valence electrons. The van der Waals surface area contributed by atoms with Crippen molar-refractivity contribution in [3.63, 3.8) is 0 Å². The molecule has 2 atom stereocenters. The van der Waals surface area contributed by atoms with Crippen molar-refractivity contribution < 1.29 is 9.90 Å². The van der Waals surface area contributed by atoms with E-state index in [1.54, 1.807) is 24.3 Å². The summed E-state index contributed by atoms with van der Waals surface area (Å²) in [6, 6.07) is 15.8. The number of nitriles is 1. The van der Waals surface area contributed by atoms with E-state index in [4.69, 9.17) is 5.26 Å². The molecule has 3 rings (SSSR count). The van der Waals surface area contributed by atoms with E-state index in [1.807, 2.05) is 30.3 Å². The molecule has 0 saturated carbocycles. The van der Waals surface area contributed by atoms with Crippen molar-refractivity contribution in [3.05, 3.63) is 70.8 Å². The minimum Gasteiger partial charge on any atom is -0.390 e. The van der Waals surface area contributed by atoms with Crippen LogP contribution in [0.1, 0.15) is 33.1 Å². The molecule has 21 heavy (non-hydrogen) atoms. The van der Waals surface area contributed by atoms with Gasteiger partial charge in [-0.1, -0.05) is 24.3 Å². The van der Waals surface area contributed by atoms with Crippen LogP contribution >= 0.6 is 0 Å². The minimum absolute atomic E-state index is 0.250. The van der Waals surface area contributed by atoms with Crippen molar-refractivity contribution >= 4 is 5.91 Å². The summed E-state index contributed by atoms with van der Waals surface area (Å²) in [4.78, 5) is 12.3. The van der Waals surface area contributed by atoms with Gasteiger partial charge in [0.2, 0.25) is 0 Å². The van der Waals surface area contributed by atoms with Crippen molar-refractivity contribution in [1.82, 2.24) is 5.32 Å². The highest BCUT2D eigenvalue weighted by molar-refractivity contribution is 5.94. The monoisotopic (exact) mass is 278 g/mol. The Balaban J connectivity index is 1.80. The van der Waals surface area contributed by atoms with Gasteiger partial charge < -0.3 is 10.4 Å². The number of amides is 1. The Bertz CT molecular complexity index is 716. The molecule has 0 aromatic heterocycles. The van der Waals surface area contributed by atoms with E-state index < -0.39 is 6.10 Å². The molecule has 4 nitrogen and oxygen atoms in total. The third kappa shape index (κ3) is 2.51. The first-order valence-electron chi connectivity index (χ1n) is 6.76. The Morgan fingerprint density at radius 2 is 1.90 bits per heavy atom. The maximum absolute atomic E-state index is 12.3. The van der Waals surface area contributed by atoms with Gasteiger partial charge in [0.05, 0.1) is 23.8 Å². The lowest BCUT2D eigenvalue weighted by Gasteiger charge is -2.18. The van der Waals surface area contributed by atoms with Gasteiger partial charge in [0.25, 0.3) is 5.91 Å². The zero-order valence-electron chi connectivity index (χ0n) is 11.3. The number of nitrogens with zero attached hydrogens (tertiary/aromatic N) is 1. The zero-order chi connectivity index (χ0) is 14.8. The molecular weight excluding hydrogens is 264 g/mol. The van der Waals surface area contributed by atoms with Gasteiger partial charge in [-0.15, -0.1) is 0 Å². The number of aliphatic hydroxyl groups is 1. The molecule has 4 heteroatoms. The first kappa shape index (κ1) is 13.3. The van der Waals surface area contributed by atoms with E-state index in [2.05, 4.69) is 5.32 Å². The molecule has 0 radical (unpaired) electrons. The van der Waals surface area contributed by atoms with Gasteiger partial charge in [-0.2, -0.15) is 5.26 Å². The van der Waals surface area contributed by atoms with E-state index >= 15 is 0 Å². The quantitative estimate of drug-likeness (QED) is 0.881. The molecule has 0 spiro atoms. The van der Waals surface area contributed by atoms with Gasteiger partial charge >= 0.3 is 0 Å². The van der Waals surface area contributed by atoms with Crippen LogP contribution in [-0.4, -0.2) is 17.1 Å². The average molecular weight is 278 g/mol. The smallest absolute Gasteiger partial charge is 0.251 e. The van der Waals surface area contributed by atoms with Crippen LogP contribution < -0.4 is 5.32 Å². The van der Waals surface area contributed by atoms with Crippen molar-refractivity contribution in [3.8, 4) is 6.07 Å². The molecule has 0 bridgehead atoms. The Kier molecular flexibility index (Phi) is 3.43. The zero-order valence-corrected chi connectivity index (χ0v) is 11.3. The maximum Gasteiger partial charge on any atom is 0.251 e. The van der Waals surface area contributed by atoms with Gasteiger partial charge in [-0.3, -0.25) is 4.79 Å². The second-order valence-corrected chi connectivity index (χ2v) is 5.11. The Hall–Kier alpha value is -2.64. The Labute approximate surface area is 122 Å². The predicted molar refractivity (Wildman–Crippen MR) is 77.5 cm³/mol. The molecule has 0 aliphatic heterocycles. The second kappa shape index (κ2) is 5.39. The summed E-state index contributed by atoms with van der Waals surface area (Å²) in [5.74, 6) is -0.250. The van der Waals surface area contributed by atoms with E-state index in [0.29, 0.717) is 17.5 Å². The average Bonchev–Trinajstić information content (AvgIpc) is 2.83. The Morgan fingerprint density at radius 1 is 1.19 bits per heavy atom. The lowest BCUT2D eigenvalue weighted by molar-refractivity contribution is 0.0858. The van der Waals surface area contributed by atoms with Crippen LogP contribution in [0.5, 0.6) is 0 Å². The molecule has 0 saturated heterocycles. The van der Waals surface area contributed by atoms with Crippen LogP contribution in [0, 0.1) is 11.3 Å². The van der Waals surface area contributed by atoms with Crippen molar-refractivity contribution in [2.75, 3.05) is 0 Å². The SMILES string of the molecule is N#Cc1ccc(C(=O)N[C@H]2c3ccccc3C[C@H]2O)cc1. The fraction of sp³-hybridized carbons (Fsp3) is 0.176. The summed E-state index contributed by atoms with van der Waals surface area (Å²) < 4.78 is 0. The molecule has 1 aliphatic rings. The van der Waals surface area contributed by atoms with E-state index in [0.717, 1.165) is 11.1 Å². The molecule has 0 unspecified atom stereocenters. The lowest BCUT2D eigenvalue weighted by atomic mass is 10.1. The highest BCUT2D eigenvalue weighted by Gasteiger charge is 2.31. The van der Waals surface area contributed by atoms with E-state index in [9.17, 15) is 9.90 Å². The molecule has 1 amide bonds. The molecule has 0 heterocycles. The van der Waals surface area contributed by atoms with Gasteiger partial charge in [0, 0.05) is 12.0 Å². The van der Waals surface area contributed by atoms with Gasteiger partial charge in [-0.25, -0.2) is 0 Å². The van der Waals surface area contributed by atoms with Crippen molar-refractivity contribution in [2.45, 2.75) is 18.6 Å². The number of carbonyl (C=O) groups is 1. The summed E-state index contributed by atoms with van der Waals surface area (Å²) in [7, 11) is 0. The van der Waals surface area contributed by atoms with Crippen molar-refractivity contribution in [2.24, 2.45) is 0 Å². The summed E-state index contributed by atoms with van der Waals surface area (Å²) in [5.41, 5.74) is 3.02. The van der Waals surface area contributed by atoms with E-state index in [-0.39, 0.29) is 11.9 Å². The van der Waals surface area contributed by atoms with Crippen LogP contribution in [0.3, 0.4) is 0 Å². The van der Waals surface area contributed by atoms with Gasteiger partial charge in [-0.05, 0) is 35.4 Å². The normalized spacial score (nSPS) is 19.6. The molecule has 2 aromatic carbocycles. The Morgan fingerprint density at radius 3 is 2.62 bits per heavy atom. The number of benzene rings is 2. The summed E-state index contributed by atoms with van der Waals surface area (Å²) >= 11 is 0. The van der Waals surface area contributed by atoms with Crippen LogP contribution in [0.4, 0.5) is 0 Å². The van der Waals surface area contributed by atoms with Crippen LogP contribution in [-0.2, 0) is 6.42 Å². The largest absolute Gasteiger partial charge is 0.390 e. The molecule has 2 N–H and O–H groups in total. The summed E-state index contributed by atoms with van der Waals surface area (Å²) in [5, 5.41) is 21.8. The number of hydrogen-bond donors (Lipinski definition) is 2. The number of nitrogens with one attached hydrogen (secondary N) is 1. The van der Waals surface area contributed by atoms with Crippen LogP contribution in [0.15, 0.2) is 48.5 Å². The number of rotatable bonds is 2. The first-order chi connectivity index (χ1) is 10.2. The fourth-order valence-electron chi connectivity index (χ4n) is 2.67. The number of hydrogen-bond acceptors (Lipinski definition) is 3. The summed E-state index contributed by atoms with van der Waals surface area (Å²) in [6.45, 7) is 0. The third-order valence-electron chi connectivity index (χ3n) is 3.77. The predicted octanol–water partition coefficient (Wildman–Crippen LogP) is 1.95. The van der Waals surface area contributed by atoms with Crippen LogP contribution in [0.25, 0.3) is 0 Å². The topological polar surface area (TPSA) is 73.1 Å². The number of aliphatic hydroxyl groups excluding tert-OH is 1. The lowest BCUT2D eigenvalue weighted by Crippen LogP contribution is -2.33. The summed E-state index contributed by atoms with van der Waals surface area (Å²) in [6.07, 6.45) is -0.0566. The molecule has 2 aromatic rings. The van der Waals surface area contributed by atoms with Crippen LogP contribution in [0.2, 0.25) is 0 Å². The maximum atomic E-state index is 12.3. The van der Waals surface area contributed by atoms with Gasteiger partial charge in [0.1, 0.15) is 0 Å². The third-order valence-corrected chi connectivity index (χ3v) is 3.77. The minimum atomic E-state index is -0.607. The highest BCUT2D eigenvalue weighted by Crippen LogP contribution is 2.31. The molecule has 0 fully saturated rings. The number of carbonyl (C=O) groups excluding carboxylic acids is 1. The number of fused-ring (bicyclic) bond motifs is 1. The standard InChI is InChI=1S/C17H14N2O2/c18-10-11-5-7-12(8-6-11)17(21)19-16-14-4-2-1-3-13(14)9-15(16)20/h1-8,15-16,20H,9H2,(H,19,21)/t15-,16+/m1/s1. The molecular formula is C17H14N2O2.